The van der Waals surface area contributed by atoms with Crippen molar-refractivity contribution in [2.75, 3.05) is 7.11 Å². The minimum Gasteiger partial charge on any atom is -0.494 e. The highest BCUT2D eigenvalue weighted by atomic mass is 19.1. The van der Waals surface area contributed by atoms with Crippen molar-refractivity contribution in [2.45, 2.75) is 26.2 Å². The topological polar surface area (TPSA) is 9.23 Å². The third-order valence-corrected chi connectivity index (χ3v) is 2.95. The van der Waals surface area contributed by atoms with Gasteiger partial charge in [-0.15, -0.1) is 0 Å². The van der Waals surface area contributed by atoms with Crippen LogP contribution in [0.25, 0.3) is 0 Å². The van der Waals surface area contributed by atoms with Gasteiger partial charge in [0.05, 0.1) is 7.11 Å². The minimum atomic E-state index is -0.235. The van der Waals surface area contributed by atoms with Crippen LogP contribution < -0.4 is 4.74 Å². The Morgan fingerprint density at radius 1 is 1.36 bits per heavy atom. The monoisotopic (exact) mass is 194 g/mol. The molecule has 0 fully saturated rings. The maximum absolute atomic E-state index is 13.4. The Labute approximate surface area is 83.9 Å². The number of halogens is 1. The Hall–Kier alpha value is -1.05. The molecule has 0 aliphatic heterocycles. The maximum Gasteiger partial charge on any atom is 0.165 e. The van der Waals surface area contributed by atoms with E-state index in [9.17, 15) is 4.39 Å². The highest BCUT2D eigenvalue weighted by molar-refractivity contribution is 5.38. The van der Waals surface area contributed by atoms with Crippen molar-refractivity contribution in [3.8, 4) is 5.75 Å². The van der Waals surface area contributed by atoms with E-state index in [0.29, 0.717) is 11.7 Å². The van der Waals surface area contributed by atoms with E-state index in [2.05, 4.69) is 6.92 Å². The number of hydrogen-bond acceptors (Lipinski definition) is 1. The molecular formula is C12H15FO. The van der Waals surface area contributed by atoms with Gasteiger partial charge in [0, 0.05) is 0 Å². The van der Waals surface area contributed by atoms with Crippen molar-refractivity contribution in [1.82, 2.24) is 0 Å². The minimum absolute atomic E-state index is 0.235. The summed E-state index contributed by atoms with van der Waals surface area (Å²) >= 11 is 0. The predicted octanol–water partition coefficient (Wildman–Crippen LogP) is 2.96. The van der Waals surface area contributed by atoms with Crippen LogP contribution in [0.4, 0.5) is 4.39 Å². The lowest BCUT2D eigenvalue weighted by Gasteiger charge is -2.22. The van der Waals surface area contributed by atoms with Gasteiger partial charge in [-0.2, -0.15) is 0 Å². The van der Waals surface area contributed by atoms with Crippen LogP contribution >= 0.6 is 0 Å². The smallest absolute Gasteiger partial charge is 0.165 e. The number of rotatable bonds is 1. The first-order chi connectivity index (χ1) is 6.70. The van der Waals surface area contributed by atoms with Gasteiger partial charge < -0.3 is 4.74 Å². The zero-order valence-electron chi connectivity index (χ0n) is 8.64. The molecule has 76 valence electrons. The lowest BCUT2D eigenvalue weighted by molar-refractivity contribution is 0.383. The van der Waals surface area contributed by atoms with Crippen molar-refractivity contribution in [2.24, 2.45) is 5.92 Å². The van der Waals surface area contributed by atoms with Crippen LogP contribution in [0.1, 0.15) is 24.5 Å². The standard InChI is InChI=1S/C12H15FO/c1-8-3-4-9-6-11(13)12(14-2)7-10(9)5-8/h6-8H,3-5H2,1-2H3. The van der Waals surface area contributed by atoms with Crippen molar-refractivity contribution < 1.29 is 9.13 Å². The van der Waals surface area contributed by atoms with Crippen molar-refractivity contribution in [1.29, 1.82) is 0 Å². The Morgan fingerprint density at radius 3 is 2.86 bits per heavy atom. The van der Waals surface area contributed by atoms with Crippen LogP contribution in [-0.2, 0) is 12.8 Å². The predicted molar refractivity (Wildman–Crippen MR) is 54.1 cm³/mol. The van der Waals surface area contributed by atoms with Crippen LogP contribution in [0.2, 0.25) is 0 Å². The van der Waals surface area contributed by atoms with Gasteiger partial charge in [-0.05, 0) is 48.4 Å². The molecule has 2 heteroatoms. The number of fused-ring (bicyclic) bond motifs is 1. The van der Waals surface area contributed by atoms with Crippen LogP contribution in [-0.4, -0.2) is 7.11 Å². The second-order valence-corrected chi connectivity index (χ2v) is 4.10. The maximum atomic E-state index is 13.4. The molecule has 0 saturated carbocycles. The molecule has 0 aromatic heterocycles. The molecule has 0 bridgehead atoms. The largest absolute Gasteiger partial charge is 0.494 e. The van der Waals surface area contributed by atoms with E-state index in [-0.39, 0.29) is 5.82 Å². The lowest BCUT2D eigenvalue weighted by atomic mass is 9.85. The van der Waals surface area contributed by atoms with E-state index in [0.717, 1.165) is 18.4 Å². The zero-order valence-corrected chi connectivity index (χ0v) is 8.64. The molecule has 1 unspecified atom stereocenters. The van der Waals surface area contributed by atoms with Crippen molar-refractivity contribution >= 4 is 0 Å². The van der Waals surface area contributed by atoms with E-state index >= 15 is 0 Å². The van der Waals surface area contributed by atoms with Crippen LogP contribution in [0, 0.1) is 11.7 Å². The highest BCUT2D eigenvalue weighted by Gasteiger charge is 2.17. The summed E-state index contributed by atoms with van der Waals surface area (Å²) in [5.41, 5.74) is 2.41. The van der Waals surface area contributed by atoms with Crippen LogP contribution in [0.3, 0.4) is 0 Å². The Morgan fingerprint density at radius 2 is 2.14 bits per heavy atom. The summed E-state index contributed by atoms with van der Waals surface area (Å²) < 4.78 is 18.3. The SMILES string of the molecule is COc1cc2c(cc1F)CCC(C)C2. The fraction of sp³-hybridized carbons (Fsp3) is 0.500. The molecule has 1 aromatic carbocycles. The van der Waals surface area contributed by atoms with E-state index < -0.39 is 0 Å². The number of hydrogen-bond donors (Lipinski definition) is 0. The van der Waals surface area contributed by atoms with E-state index in [4.69, 9.17) is 4.74 Å². The molecule has 0 N–H and O–H groups in total. The molecule has 0 amide bonds. The second-order valence-electron chi connectivity index (χ2n) is 4.10. The Bertz CT molecular complexity index is 346. The summed E-state index contributed by atoms with van der Waals surface area (Å²) in [6.45, 7) is 2.23. The molecule has 0 saturated heterocycles. The van der Waals surface area contributed by atoms with Gasteiger partial charge in [0.1, 0.15) is 0 Å². The number of benzene rings is 1. The molecule has 14 heavy (non-hydrogen) atoms. The zero-order chi connectivity index (χ0) is 10.1. The van der Waals surface area contributed by atoms with Gasteiger partial charge in [-0.1, -0.05) is 6.92 Å². The lowest BCUT2D eigenvalue weighted by Crippen LogP contribution is -2.11. The second kappa shape index (κ2) is 3.60. The van der Waals surface area contributed by atoms with Crippen LogP contribution in [0.15, 0.2) is 12.1 Å². The first-order valence-corrected chi connectivity index (χ1v) is 5.06. The summed E-state index contributed by atoms with van der Waals surface area (Å²) in [5.74, 6) is 0.844. The average Bonchev–Trinajstić information content (AvgIpc) is 2.17. The highest BCUT2D eigenvalue weighted by Crippen LogP contribution is 2.30. The quantitative estimate of drug-likeness (QED) is 0.667. The normalized spacial score (nSPS) is 20.4. The van der Waals surface area contributed by atoms with Crippen molar-refractivity contribution in [3.05, 3.63) is 29.1 Å². The Balaban J connectivity index is 2.41. The first kappa shape index (κ1) is 9.50. The van der Waals surface area contributed by atoms with Crippen molar-refractivity contribution in [3.63, 3.8) is 0 Å². The summed E-state index contributed by atoms with van der Waals surface area (Å²) in [7, 11) is 1.51. The molecule has 1 aliphatic rings. The third-order valence-electron chi connectivity index (χ3n) is 2.95. The molecule has 2 rings (SSSR count). The summed E-state index contributed by atoms with van der Waals surface area (Å²) in [4.78, 5) is 0. The van der Waals surface area contributed by atoms with E-state index in [1.165, 1.54) is 19.1 Å². The molecular weight excluding hydrogens is 179 g/mol. The molecule has 1 atom stereocenters. The van der Waals surface area contributed by atoms with Crippen LogP contribution in [0.5, 0.6) is 5.75 Å². The molecule has 1 nitrogen and oxygen atoms in total. The third kappa shape index (κ3) is 1.61. The summed E-state index contributed by atoms with van der Waals surface area (Å²) in [6.07, 6.45) is 3.21. The van der Waals surface area contributed by atoms with Gasteiger partial charge in [-0.25, -0.2) is 4.39 Å². The fourth-order valence-electron chi connectivity index (χ4n) is 2.10. The number of aryl methyl sites for hydroxylation is 1. The first-order valence-electron chi connectivity index (χ1n) is 5.06. The molecule has 1 aromatic rings. The summed E-state index contributed by atoms with van der Waals surface area (Å²) in [6, 6.07) is 3.47. The Kier molecular flexibility index (Phi) is 2.44. The molecule has 1 aliphatic carbocycles. The van der Waals surface area contributed by atoms with E-state index in [1.54, 1.807) is 6.07 Å². The van der Waals surface area contributed by atoms with Gasteiger partial charge >= 0.3 is 0 Å². The number of ether oxygens (including phenoxy) is 1. The van der Waals surface area contributed by atoms with Gasteiger partial charge in [0.25, 0.3) is 0 Å². The number of methoxy groups -OCH3 is 1. The van der Waals surface area contributed by atoms with Gasteiger partial charge in [0.15, 0.2) is 11.6 Å². The average molecular weight is 194 g/mol. The molecule has 0 heterocycles. The molecule has 0 spiro atoms. The summed E-state index contributed by atoms with van der Waals surface area (Å²) in [5, 5.41) is 0. The van der Waals surface area contributed by atoms with E-state index in [1.807, 2.05) is 6.07 Å². The van der Waals surface area contributed by atoms with Gasteiger partial charge in [0.2, 0.25) is 0 Å². The fourth-order valence-corrected chi connectivity index (χ4v) is 2.10. The molecule has 0 radical (unpaired) electrons. The van der Waals surface area contributed by atoms with Gasteiger partial charge in [-0.3, -0.25) is 0 Å².